The van der Waals surface area contributed by atoms with Gasteiger partial charge in [-0.2, -0.15) is 0 Å². The third-order valence-corrected chi connectivity index (χ3v) is 4.18. The molecule has 7 nitrogen and oxygen atoms in total. The highest BCUT2D eigenvalue weighted by Gasteiger charge is 2.08. The fourth-order valence-electron chi connectivity index (χ4n) is 2.81. The predicted octanol–water partition coefficient (Wildman–Crippen LogP) is 3.73. The molecule has 158 valence electrons. The highest BCUT2D eigenvalue weighted by Crippen LogP contribution is 2.30. The van der Waals surface area contributed by atoms with Gasteiger partial charge in [0.1, 0.15) is 0 Å². The summed E-state index contributed by atoms with van der Waals surface area (Å²) in [6, 6.07) is 11.7. The molecule has 0 aliphatic rings. The van der Waals surface area contributed by atoms with E-state index in [4.69, 9.17) is 18.9 Å². The number of anilines is 1. The van der Waals surface area contributed by atoms with Gasteiger partial charge in [-0.05, 0) is 50.1 Å². The summed E-state index contributed by atoms with van der Waals surface area (Å²) in [6.07, 6.45) is 0.819. The number of nitrogens with one attached hydrogen (secondary N) is 2. The highest BCUT2D eigenvalue weighted by atomic mass is 16.5. The molecule has 0 aliphatic carbocycles. The summed E-state index contributed by atoms with van der Waals surface area (Å²) in [7, 11) is 4.96. The molecule has 0 saturated heterocycles. The molecule has 0 amide bonds. The first-order valence-corrected chi connectivity index (χ1v) is 9.73. The third-order valence-electron chi connectivity index (χ3n) is 4.18. The van der Waals surface area contributed by atoms with Crippen molar-refractivity contribution in [2.45, 2.75) is 20.3 Å². The molecule has 0 aromatic heterocycles. The molecular weight excluding hydrogens is 370 g/mol. The molecule has 0 spiro atoms. The lowest BCUT2D eigenvalue weighted by Crippen LogP contribution is -2.32. The molecule has 0 aliphatic heterocycles. The number of nitrogens with zero attached hydrogens (tertiary/aromatic N) is 1. The van der Waals surface area contributed by atoms with Crippen LogP contribution in [0, 0.1) is 0 Å². The van der Waals surface area contributed by atoms with Gasteiger partial charge in [-0.15, -0.1) is 0 Å². The summed E-state index contributed by atoms with van der Waals surface area (Å²) in [5.41, 5.74) is 2.02. The number of methoxy groups -OCH3 is 2. The molecule has 0 radical (unpaired) electrons. The molecule has 0 saturated carbocycles. The zero-order valence-corrected chi connectivity index (χ0v) is 17.9. The number of ether oxygens (including phenoxy) is 4. The topological polar surface area (TPSA) is 73.3 Å². The Kier molecular flexibility index (Phi) is 8.95. The van der Waals surface area contributed by atoms with E-state index >= 15 is 0 Å². The minimum atomic E-state index is 0.601. The van der Waals surface area contributed by atoms with Crippen molar-refractivity contribution >= 4 is 11.6 Å². The van der Waals surface area contributed by atoms with Crippen LogP contribution in [0.25, 0.3) is 0 Å². The lowest BCUT2D eigenvalue weighted by atomic mass is 10.1. The van der Waals surface area contributed by atoms with Crippen molar-refractivity contribution in [1.82, 2.24) is 5.32 Å². The molecule has 0 fully saturated rings. The third kappa shape index (κ3) is 6.48. The summed E-state index contributed by atoms with van der Waals surface area (Å²) >= 11 is 0. The molecule has 2 aromatic rings. The van der Waals surface area contributed by atoms with Gasteiger partial charge >= 0.3 is 0 Å². The smallest absolute Gasteiger partial charge is 0.195 e. The van der Waals surface area contributed by atoms with E-state index < -0.39 is 0 Å². The first kappa shape index (κ1) is 22.2. The van der Waals surface area contributed by atoms with Gasteiger partial charge in [0.15, 0.2) is 29.0 Å². The molecule has 2 aromatic carbocycles. The summed E-state index contributed by atoms with van der Waals surface area (Å²) in [4.78, 5) is 4.28. The molecule has 0 heterocycles. The van der Waals surface area contributed by atoms with Crippen LogP contribution in [0.4, 0.5) is 5.69 Å². The SMILES string of the molecule is CCOc1ccc(CCNC(=NC)Nc2ccc(OC)c(OC)c2)cc1OCC. The molecule has 0 bridgehead atoms. The maximum Gasteiger partial charge on any atom is 0.195 e. The van der Waals surface area contributed by atoms with E-state index in [9.17, 15) is 0 Å². The van der Waals surface area contributed by atoms with Crippen molar-refractivity contribution in [2.24, 2.45) is 4.99 Å². The maximum atomic E-state index is 5.69. The Labute approximate surface area is 173 Å². The Morgan fingerprint density at radius 2 is 1.55 bits per heavy atom. The van der Waals surface area contributed by atoms with E-state index in [0.29, 0.717) is 37.2 Å². The number of guanidine groups is 1. The number of rotatable bonds is 10. The van der Waals surface area contributed by atoms with E-state index in [1.165, 1.54) is 0 Å². The fraction of sp³-hybridized carbons (Fsp3) is 0.409. The highest BCUT2D eigenvalue weighted by molar-refractivity contribution is 5.93. The molecule has 0 unspecified atom stereocenters. The van der Waals surface area contributed by atoms with Crippen LogP contribution in [0.15, 0.2) is 41.4 Å². The lowest BCUT2D eigenvalue weighted by molar-refractivity contribution is 0.287. The van der Waals surface area contributed by atoms with E-state index in [0.717, 1.165) is 29.2 Å². The minimum Gasteiger partial charge on any atom is -0.493 e. The largest absolute Gasteiger partial charge is 0.493 e. The Morgan fingerprint density at radius 1 is 0.862 bits per heavy atom. The summed E-state index contributed by atoms with van der Waals surface area (Å²) < 4.78 is 21.9. The molecule has 29 heavy (non-hydrogen) atoms. The van der Waals surface area contributed by atoms with Crippen LogP contribution in [0.1, 0.15) is 19.4 Å². The van der Waals surface area contributed by atoms with E-state index in [1.807, 2.05) is 44.2 Å². The number of hydrogen-bond donors (Lipinski definition) is 2. The first-order valence-electron chi connectivity index (χ1n) is 9.73. The second kappa shape index (κ2) is 11.7. The van der Waals surface area contributed by atoms with Crippen molar-refractivity contribution in [2.75, 3.05) is 46.3 Å². The zero-order valence-electron chi connectivity index (χ0n) is 17.9. The second-order valence-corrected chi connectivity index (χ2v) is 6.09. The van der Waals surface area contributed by atoms with Crippen molar-refractivity contribution in [3.63, 3.8) is 0 Å². The Hall–Kier alpha value is -3.09. The van der Waals surface area contributed by atoms with Crippen LogP contribution in [0.2, 0.25) is 0 Å². The van der Waals surface area contributed by atoms with Crippen molar-refractivity contribution < 1.29 is 18.9 Å². The van der Waals surface area contributed by atoms with Gasteiger partial charge in [-0.1, -0.05) is 6.07 Å². The Bertz CT molecular complexity index is 809. The number of aliphatic imine (C=N–C) groups is 1. The standard InChI is InChI=1S/C22H31N3O4/c1-6-28-19-10-8-16(14-21(19)29-7-2)12-13-24-22(23-3)25-17-9-11-18(26-4)20(15-17)27-5/h8-11,14-15H,6-7,12-13H2,1-5H3,(H2,23,24,25). The molecule has 7 heteroatoms. The van der Waals surface area contributed by atoms with Crippen molar-refractivity contribution in [3.05, 3.63) is 42.0 Å². The maximum absolute atomic E-state index is 5.69. The predicted molar refractivity (Wildman–Crippen MR) is 117 cm³/mol. The summed E-state index contributed by atoms with van der Waals surface area (Å²) in [5.74, 6) is 3.57. The van der Waals surface area contributed by atoms with Crippen LogP contribution in [-0.2, 0) is 6.42 Å². The van der Waals surface area contributed by atoms with Crippen LogP contribution >= 0.6 is 0 Å². The lowest BCUT2D eigenvalue weighted by Gasteiger charge is -2.15. The molecular formula is C22H31N3O4. The Balaban J connectivity index is 1.95. The molecule has 0 atom stereocenters. The van der Waals surface area contributed by atoms with Crippen LogP contribution in [-0.4, -0.2) is 47.0 Å². The van der Waals surface area contributed by atoms with Gasteiger partial charge in [0.2, 0.25) is 0 Å². The van der Waals surface area contributed by atoms with Gasteiger partial charge in [-0.25, -0.2) is 0 Å². The van der Waals surface area contributed by atoms with Gasteiger partial charge in [0.05, 0.1) is 27.4 Å². The van der Waals surface area contributed by atoms with Crippen LogP contribution < -0.4 is 29.6 Å². The van der Waals surface area contributed by atoms with Gasteiger partial charge in [0.25, 0.3) is 0 Å². The van der Waals surface area contributed by atoms with E-state index in [-0.39, 0.29) is 0 Å². The normalized spacial score (nSPS) is 11.0. The molecule has 2 rings (SSSR count). The number of benzene rings is 2. The second-order valence-electron chi connectivity index (χ2n) is 6.09. The average Bonchev–Trinajstić information content (AvgIpc) is 2.74. The first-order chi connectivity index (χ1) is 14.1. The average molecular weight is 402 g/mol. The summed E-state index contributed by atoms with van der Waals surface area (Å²) in [6.45, 7) is 5.85. The molecule has 2 N–H and O–H groups in total. The van der Waals surface area contributed by atoms with Crippen molar-refractivity contribution in [3.8, 4) is 23.0 Å². The zero-order chi connectivity index (χ0) is 21.1. The monoisotopic (exact) mass is 401 g/mol. The Morgan fingerprint density at radius 3 is 2.21 bits per heavy atom. The van der Waals surface area contributed by atoms with Crippen LogP contribution in [0.5, 0.6) is 23.0 Å². The van der Waals surface area contributed by atoms with Crippen LogP contribution in [0.3, 0.4) is 0 Å². The van der Waals surface area contributed by atoms with Gasteiger partial charge < -0.3 is 29.6 Å². The quantitative estimate of drug-likeness (QED) is 0.467. The number of hydrogen-bond acceptors (Lipinski definition) is 5. The van der Waals surface area contributed by atoms with E-state index in [1.54, 1.807) is 21.3 Å². The fourth-order valence-corrected chi connectivity index (χ4v) is 2.81. The van der Waals surface area contributed by atoms with E-state index in [2.05, 4.69) is 21.7 Å². The van der Waals surface area contributed by atoms with Gasteiger partial charge in [-0.3, -0.25) is 4.99 Å². The van der Waals surface area contributed by atoms with Crippen molar-refractivity contribution in [1.29, 1.82) is 0 Å². The van der Waals surface area contributed by atoms with Gasteiger partial charge in [0, 0.05) is 25.3 Å². The summed E-state index contributed by atoms with van der Waals surface area (Å²) in [5, 5.41) is 6.58. The minimum absolute atomic E-state index is 0.601.